The van der Waals surface area contributed by atoms with E-state index < -0.39 is 24.0 Å². The van der Waals surface area contributed by atoms with Gasteiger partial charge in [0.15, 0.2) is 11.5 Å². The molecule has 1 aliphatic rings. The van der Waals surface area contributed by atoms with Crippen LogP contribution in [0.4, 0.5) is 23.2 Å². The standard InChI is InChI=1S/C27H26F4N4O3/c1-34-11-13-35(14-12-34)17-25(37)33-22-16-20(8-9-24(22)38-27(29,30)31)23(36)15-18-4-6-19(7-5-18)21-3-2-10-32-26(21)28/h2-10,16H,11-15,17H2,1H3,(H,33,37). The first-order chi connectivity index (χ1) is 18.1. The number of benzene rings is 2. The van der Waals surface area contributed by atoms with E-state index in [1.807, 2.05) is 11.9 Å². The first-order valence-corrected chi connectivity index (χ1v) is 11.9. The molecule has 0 radical (unpaired) electrons. The van der Waals surface area contributed by atoms with Gasteiger partial charge in [-0.3, -0.25) is 14.5 Å². The van der Waals surface area contributed by atoms with Crippen LogP contribution in [0.1, 0.15) is 15.9 Å². The van der Waals surface area contributed by atoms with E-state index in [1.165, 1.54) is 18.3 Å². The third-order valence-corrected chi connectivity index (χ3v) is 6.15. The Balaban J connectivity index is 1.48. The number of amides is 1. The Morgan fingerprint density at radius 1 is 1.03 bits per heavy atom. The van der Waals surface area contributed by atoms with Gasteiger partial charge in [0.1, 0.15) is 0 Å². The molecule has 0 atom stereocenters. The van der Waals surface area contributed by atoms with Crippen LogP contribution in [-0.4, -0.2) is 72.6 Å². The zero-order valence-electron chi connectivity index (χ0n) is 20.6. The molecule has 200 valence electrons. The molecule has 2 aromatic carbocycles. The van der Waals surface area contributed by atoms with Gasteiger partial charge in [0.05, 0.1) is 12.2 Å². The van der Waals surface area contributed by atoms with Crippen molar-refractivity contribution in [2.45, 2.75) is 12.8 Å². The molecule has 1 N–H and O–H groups in total. The van der Waals surface area contributed by atoms with Crippen LogP contribution >= 0.6 is 0 Å². The van der Waals surface area contributed by atoms with Crippen molar-refractivity contribution in [1.82, 2.24) is 14.8 Å². The molecule has 0 saturated carbocycles. The molecule has 0 bridgehead atoms. The first-order valence-electron chi connectivity index (χ1n) is 11.9. The van der Waals surface area contributed by atoms with E-state index in [2.05, 4.69) is 19.9 Å². The minimum atomic E-state index is -4.97. The first kappa shape index (κ1) is 27.2. The average molecular weight is 531 g/mol. The minimum absolute atomic E-state index is 0.00134. The number of nitrogens with zero attached hydrogens (tertiary/aromatic N) is 3. The summed E-state index contributed by atoms with van der Waals surface area (Å²) in [6, 6.07) is 13.3. The van der Waals surface area contributed by atoms with Gasteiger partial charge < -0.3 is 15.0 Å². The van der Waals surface area contributed by atoms with Gasteiger partial charge in [0, 0.05) is 49.9 Å². The Hall–Kier alpha value is -3.83. The van der Waals surface area contributed by atoms with E-state index in [1.54, 1.807) is 36.4 Å². The van der Waals surface area contributed by atoms with Crippen LogP contribution < -0.4 is 10.1 Å². The molecule has 0 aliphatic carbocycles. The van der Waals surface area contributed by atoms with Crippen molar-refractivity contribution < 1.29 is 31.9 Å². The van der Waals surface area contributed by atoms with Crippen molar-refractivity contribution in [3.8, 4) is 16.9 Å². The van der Waals surface area contributed by atoms with Crippen LogP contribution in [0.25, 0.3) is 11.1 Å². The molecule has 1 amide bonds. The number of carbonyl (C=O) groups excluding carboxylic acids is 2. The lowest BCUT2D eigenvalue weighted by molar-refractivity contribution is -0.274. The lowest BCUT2D eigenvalue weighted by atomic mass is 9.99. The Bertz CT molecular complexity index is 1290. The topological polar surface area (TPSA) is 74.8 Å². The summed E-state index contributed by atoms with van der Waals surface area (Å²) in [7, 11) is 1.97. The second-order valence-corrected chi connectivity index (χ2v) is 9.02. The maximum Gasteiger partial charge on any atom is 0.573 e. The second kappa shape index (κ2) is 11.7. The lowest BCUT2D eigenvalue weighted by Crippen LogP contribution is -2.47. The summed E-state index contributed by atoms with van der Waals surface area (Å²) in [6.45, 7) is 2.86. The van der Waals surface area contributed by atoms with E-state index in [0.717, 1.165) is 19.2 Å². The zero-order valence-corrected chi connectivity index (χ0v) is 20.6. The molecule has 4 rings (SSSR count). The van der Waals surface area contributed by atoms with Crippen molar-refractivity contribution in [3.63, 3.8) is 0 Å². The highest BCUT2D eigenvalue weighted by molar-refractivity contribution is 6.00. The molecular formula is C27H26F4N4O3. The second-order valence-electron chi connectivity index (χ2n) is 9.02. The molecule has 1 fully saturated rings. The van der Waals surface area contributed by atoms with Gasteiger partial charge in [-0.1, -0.05) is 24.3 Å². The van der Waals surface area contributed by atoms with Crippen LogP contribution in [0.15, 0.2) is 60.8 Å². The molecule has 0 unspecified atom stereocenters. The highest BCUT2D eigenvalue weighted by Gasteiger charge is 2.32. The van der Waals surface area contributed by atoms with E-state index >= 15 is 0 Å². The van der Waals surface area contributed by atoms with Gasteiger partial charge in [-0.05, 0) is 48.5 Å². The number of rotatable bonds is 8. The Kier molecular flexibility index (Phi) is 8.38. The van der Waals surface area contributed by atoms with E-state index in [0.29, 0.717) is 29.8 Å². The number of hydrogen-bond donors (Lipinski definition) is 1. The molecule has 3 aromatic rings. The maximum absolute atomic E-state index is 13.9. The monoisotopic (exact) mass is 530 g/mol. The fraction of sp³-hybridized carbons (Fsp3) is 0.296. The summed E-state index contributed by atoms with van der Waals surface area (Å²) in [5, 5.41) is 2.47. The summed E-state index contributed by atoms with van der Waals surface area (Å²) >= 11 is 0. The van der Waals surface area contributed by atoms with Gasteiger partial charge in [-0.15, -0.1) is 13.2 Å². The molecule has 0 spiro atoms. The van der Waals surface area contributed by atoms with Crippen LogP contribution in [0.3, 0.4) is 0 Å². The van der Waals surface area contributed by atoms with Gasteiger partial charge >= 0.3 is 6.36 Å². The Labute approximate surface area is 217 Å². The number of aromatic nitrogens is 1. The van der Waals surface area contributed by atoms with Crippen LogP contribution in [-0.2, 0) is 11.2 Å². The molecule has 11 heteroatoms. The predicted molar refractivity (Wildman–Crippen MR) is 133 cm³/mol. The number of ketones is 1. The number of ether oxygens (including phenoxy) is 1. The van der Waals surface area contributed by atoms with E-state index in [4.69, 9.17) is 0 Å². The molecular weight excluding hydrogens is 504 g/mol. The SMILES string of the molecule is CN1CCN(CC(=O)Nc2cc(C(=O)Cc3ccc(-c4cccnc4F)cc3)ccc2OC(F)(F)F)CC1. The van der Waals surface area contributed by atoms with E-state index in [9.17, 15) is 27.2 Å². The summed E-state index contributed by atoms with van der Waals surface area (Å²) in [5.41, 5.74) is 1.40. The highest BCUT2D eigenvalue weighted by Crippen LogP contribution is 2.32. The predicted octanol–water partition coefficient (Wildman–Crippen LogP) is 4.40. The number of hydrogen-bond acceptors (Lipinski definition) is 6. The summed E-state index contributed by atoms with van der Waals surface area (Å²) in [6.07, 6.45) is -3.68. The number of Topliss-reactive ketones (excluding diaryl/α,β-unsaturated/α-hetero) is 1. The lowest BCUT2D eigenvalue weighted by Gasteiger charge is -2.31. The van der Waals surface area contributed by atoms with Crippen LogP contribution in [0.5, 0.6) is 5.75 Å². The van der Waals surface area contributed by atoms with Crippen LogP contribution in [0.2, 0.25) is 0 Å². The molecule has 7 nitrogen and oxygen atoms in total. The smallest absolute Gasteiger partial charge is 0.404 e. The third kappa shape index (κ3) is 7.36. The molecule has 1 saturated heterocycles. The van der Waals surface area contributed by atoms with Gasteiger partial charge in [-0.25, -0.2) is 4.98 Å². The number of pyridine rings is 1. The Morgan fingerprint density at radius 3 is 2.39 bits per heavy atom. The summed E-state index contributed by atoms with van der Waals surface area (Å²) < 4.78 is 56.9. The van der Waals surface area contributed by atoms with Crippen LogP contribution in [0, 0.1) is 5.95 Å². The maximum atomic E-state index is 13.9. The third-order valence-electron chi connectivity index (χ3n) is 6.15. The fourth-order valence-electron chi connectivity index (χ4n) is 4.10. The fourth-order valence-corrected chi connectivity index (χ4v) is 4.10. The van der Waals surface area contributed by atoms with Crippen molar-refractivity contribution in [1.29, 1.82) is 0 Å². The summed E-state index contributed by atoms with van der Waals surface area (Å²) in [4.78, 5) is 33.2. The highest BCUT2D eigenvalue weighted by atomic mass is 19.4. The number of likely N-dealkylation sites (N-methyl/N-ethyl adjacent to an activating group) is 1. The average Bonchev–Trinajstić information content (AvgIpc) is 2.86. The number of anilines is 1. The number of piperazine rings is 1. The molecule has 38 heavy (non-hydrogen) atoms. The van der Waals surface area contributed by atoms with Gasteiger partial charge in [-0.2, -0.15) is 4.39 Å². The van der Waals surface area contributed by atoms with Gasteiger partial charge in [0.25, 0.3) is 0 Å². The zero-order chi connectivity index (χ0) is 27.3. The van der Waals surface area contributed by atoms with Crippen molar-refractivity contribution in [3.05, 3.63) is 77.9 Å². The Morgan fingerprint density at radius 2 is 1.74 bits per heavy atom. The van der Waals surface area contributed by atoms with Gasteiger partial charge in [0.2, 0.25) is 11.9 Å². The molecule has 1 aliphatic heterocycles. The largest absolute Gasteiger partial charge is 0.573 e. The normalized spacial score (nSPS) is 14.8. The number of halogens is 4. The molecule has 1 aromatic heterocycles. The van der Waals surface area contributed by atoms with E-state index in [-0.39, 0.29) is 30.0 Å². The minimum Gasteiger partial charge on any atom is -0.404 e. The van der Waals surface area contributed by atoms with Crippen molar-refractivity contribution in [2.24, 2.45) is 0 Å². The quantitative estimate of drug-likeness (QED) is 0.265. The number of carbonyl (C=O) groups is 2. The number of alkyl halides is 3. The summed E-state index contributed by atoms with van der Waals surface area (Å²) in [5.74, 6) is -2.11. The van der Waals surface area contributed by atoms with Crippen molar-refractivity contribution >= 4 is 17.4 Å². The van der Waals surface area contributed by atoms with Crippen molar-refractivity contribution in [2.75, 3.05) is 45.1 Å². The molecule has 2 heterocycles. The number of nitrogens with one attached hydrogen (secondary N) is 1.